The van der Waals surface area contributed by atoms with Crippen LogP contribution in [0, 0.1) is 0 Å². The molecule has 0 radical (unpaired) electrons. The first kappa shape index (κ1) is 22.7. The fourth-order valence-corrected chi connectivity index (χ4v) is 4.76. The highest BCUT2D eigenvalue weighted by Gasteiger charge is 2.23. The Morgan fingerprint density at radius 3 is 2.68 bits per heavy atom. The molecule has 1 atom stereocenters. The molecule has 0 spiro atoms. The number of para-hydroxylation sites is 1. The largest absolute Gasteiger partial charge is 0.486 e. The first-order valence-corrected chi connectivity index (χ1v) is 12.2. The molecule has 2 aliphatic rings. The molecule has 3 aromatic rings. The van der Waals surface area contributed by atoms with E-state index in [0.717, 1.165) is 42.5 Å². The van der Waals surface area contributed by atoms with Crippen LogP contribution in [0.25, 0.3) is 10.9 Å². The number of benzene rings is 2. The third-order valence-corrected chi connectivity index (χ3v) is 6.68. The molecule has 5 rings (SSSR count). The zero-order valence-electron chi connectivity index (χ0n) is 19.3. The molecule has 1 fully saturated rings. The Labute approximate surface area is 204 Å². The summed E-state index contributed by atoms with van der Waals surface area (Å²) < 4.78 is 17.3. The van der Waals surface area contributed by atoms with Gasteiger partial charge in [-0.3, -0.25) is 4.79 Å². The molecule has 7 nitrogen and oxygen atoms in total. The van der Waals surface area contributed by atoms with Gasteiger partial charge in [-0.1, -0.05) is 25.1 Å². The van der Waals surface area contributed by atoms with Crippen molar-refractivity contribution < 1.29 is 14.2 Å². The van der Waals surface area contributed by atoms with Gasteiger partial charge in [0.15, 0.2) is 16.6 Å². The molecule has 34 heavy (non-hydrogen) atoms. The zero-order valence-corrected chi connectivity index (χ0v) is 20.1. The van der Waals surface area contributed by atoms with E-state index < -0.39 is 0 Å². The van der Waals surface area contributed by atoms with Crippen LogP contribution in [0.3, 0.4) is 0 Å². The molecule has 1 unspecified atom stereocenters. The van der Waals surface area contributed by atoms with E-state index in [4.69, 9.17) is 26.4 Å². The number of fused-ring (bicyclic) bond motifs is 2. The molecule has 2 aromatic carbocycles. The number of hydrogen-bond acceptors (Lipinski definition) is 5. The molecule has 178 valence electrons. The molecule has 0 aliphatic carbocycles. The van der Waals surface area contributed by atoms with E-state index in [1.54, 1.807) is 0 Å². The Bertz CT molecular complexity index is 1250. The van der Waals surface area contributed by atoms with E-state index in [1.165, 1.54) is 5.56 Å². The number of ether oxygens (including phenoxy) is 3. The summed E-state index contributed by atoms with van der Waals surface area (Å²) in [6.45, 7) is 4.91. The quantitative estimate of drug-likeness (QED) is 0.512. The number of nitrogens with one attached hydrogen (secondary N) is 2. The number of nitrogens with zero attached hydrogens (tertiary/aromatic N) is 1. The summed E-state index contributed by atoms with van der Waals surface area (Å²) in [5.41, 5.74) is 3.40. The predicted octanol–water partition coefficient (Wildman–Crippen LogP) is 4.24. The van der Waals surface area contributed by atoms with Gasteiger partial charge in [0.2, 0.25) is 0 Å². The minimum atomic E-state index is -0.140. The third-order valence-electron chi connectivity index (χ3n) is 6.32. The number of anilines is 1. The number of aryl methyl sites for hydroxylation is 1. The SMILES string of the molecule is CCc1ccccc1NC(=S)N(Cc1cc2cc3c(cc2[nH]c1=O)OCCO3)CC1CCCO1. The number of aromatic amines is 1. The molecular weight excluding hydrogens is 450 g/mol. The minimum absolute atomic E-state index is 0.0956. The molecule has 0 saturated carbocycles. The van der Waals surface area contributed by atoms with Gasteiger partial charge >= 0.3 is 0 Å². The van der Waals surface area contributed by atoms with Crippen molar-refractivity contribution >= 4 is 33.9 Å². The van der Waals surface area contributed by atoms with Crippen molar-refractivity contribution in [1.82, 2.24) is 9.88 Å². The van der Waals surface area contributed by atoms with E-state index >= 15 is 0 Å². The monoisotopic (exact) mass is 479 g/mol. The molecule has 1 saturated heterocycles. The van der Waals surface area contributed by atoms with E-state index in [2.05, 4.69) is 23.3 Å². The number of thiocarbonyl (C=S) groups is 1. The second-order valence-corrected chi connectivity index (χ2v) is 9.05. The smallest absolute Gasteiger partial charge is 0.253 e. The van der Waals surface area contributed by atoms with Gasteiger partial charge in [0.25, 0.3) is 5.56 Å². The van der Waals surface area contributed by atoms with Gasteiger partial charge in [-0.05, 0) is 55.2 Å². The zero-order chi connectivity index (χ0) is 23.5. The first-order chi connectivity index (χ1) is 16.6. The van der Waals surface area contributed by atoms with Crippen LogP contribution >= 0.6 is 12.2 Å². The highest BCUT2D eigenvalue weighted by Crippen LogP contribution is 2.33. The minimum Gasteiger partial charge on any atom is -0.486 e. The molecule has 2 aliphatic heterocycles. The van der Waals surface area contributed by atoms with Gasteiger partial charge in [0, 0.05) is 35.9 Å². The van der Waals surface area contributed by atoms with E-state index in [-0.39, 0.29) is 11.7 Å². The normalized spacial score (nSPS) is 17.0. The highest BCUT2D eigenvalue weighted by atomic mass is 32.1. The molecule has 1 aromatic heterocycles. The van der Waals surface area contributed by atoms with Crippen molar-refractivity contribution in [3.05, 3.63) is 63.9 Å². The summed E-state index contributed by atoms with van der Waals surface area (Å²) in [6.07, 6.45) is 3.03. The Hall–Kier alpha value is -3.10. The van der Waals surface area contributed by atoms with Crippen molar-refractivity contribution in [2.24, 2.45) is 0 Å². The van der Waals surface area contributed by atoms with Crippen LogP contribution in [0.5, 0.6) is 11.5 Å². The highest BCUT2D eigenvalue weighted by molar-refractivity contribution is 7.80. The van der Waals surface area contributed by atoms with Crippen molar-refractivity contribution in [3.63, 3.8) is 0 Å². The van der Waals surface area contributed by atoms with Crippen molar-refractivity contribution in [2.75, 3.05) is 31.7 Å². The number of aromatic nitrogens is 1. The first-order valence-electron chi connectivity index (χ1n) is 11.8. The average molecular weight is 480 g/mol. The maximum atomic E-state index is 13.0. The summed E-state index contributed by atoms with van der Waals surface area (Å²) >= 11 is 5.83. The van der Waals surface area contributed by atoms with Gasteiger partial charge in [-0.25, -0.2) is 0 Å². The second-order valence-electron chi connectivity index (χ2n) is 8.66. The van der Waals surface area contributed by atoms with Crippen LogP contribution in [0.1, 0.15) is 30.9 Å². The molecule has 0 bridgehead atoms. The number of H-pyrrole nitrogens is 1. The Morgan fingerprint density at radius 1 is 1.12 bits per heavy atom. The lowest BCUT2D eigenvalue weighted by Crippen LogP contribution is -2.40. The van der Waals surface area contributed by atoms with Crippen LogP contribution in [0.15, 0.2) is 47.3 Å². The van der Waals surface area contributed by atoms with Gasteiger partial charge in [-0.2, -0.15) is 0 Å². The maximum absolute atomic E-state index is 13.0. The van der Waals surface area contributed by atoms with Gasteiger partial charge < -0.3 is 29.4 Å². The second kappa shape index (κ2) is 10.0. The fourth-order valence-electron chi connectivity index (χ4n) is 4.51. The Kier molecular flexibility index (Phi) is 6.69. The Balaban J connectivity index is 1.43. The van der Waals surface area contributed by atoms with Gasteiger partial charge in [0.05, 0.1) is 18.2 Å². The maximum Gasteiger partial charge on any atom is 0.253 e. The van der Waals surface area contributed by atoms with Crippen LogP contribution < -0.4 is 20.3 Å². The number of pyridine rings is 1. The summed E-state index contributed by atoms with van der Waals surface area (Å²) in [5.74, 6) is 1.35. The van der Waals surface area contributed by atoms with Crippen LogP contribution in [-0.4, -0.2) is 47.5 Å². The lowest BCUT2D eigenvalue weighted by molar-refractivity contribution is 0.0904. The van der Waals surface area contributed by atoms with E-state index in [1.807, 2.05) is 41.3 Å². The number of rotatable bonds is 6. The van der Waals surface area contributed by atoms with E-state index in [9.17, 15) is 4.79 Å². The van der Waals surface area contributed by atoms with Crippen LogP contribution in [0.2, 0.25) is 0 Å². The molecular formula is C26H29N3O4S. The summed E-state index contributed by atoms with van der Waals surface area (Å²) in [6, 6.07) is 13.8. The summed E-state index contributed by atoms with van der Waals surface area (Å²) in [7, 11) is 0. The summed E-state index contributed by atoms with van der Waals surface area (Å²) in [5, 5.41) is 4.88. The third kappa shape index (κ3) is 4.88. The van der Waals surface area contributed by atoms with Gasteiger partial charge in [-0.15, -0.1) is 0 Å². The van der Waals surface area contributed by atoms with Crippen molar-refractivity contribution in [1.29, 1.82) is 0 Å². The molecule has 2 N–H and O–H groups in total. The number of hydrogen-bond donors (Lipinski definition) is 2. The predicted molar refractivity (Wildman–Crippen MR) is 137 cm³/mol. The Morgan fingerprint density at radius 2 is 1.91 bits per heavy atom. The average Bonchev–Trinajstić information content (AvgIpc) is 3.36. The van der Waals surface area contributed by atoms with Crippen molar-refractivity contribution in [2.45, 2.75) is 38.8 Å². The topological polar surface area (TPSA) is 75.8 Å². The summed E-state index contributed by atoms with van der Waals surface area (Å²) in [4.78, 5) is 18.0. The molecule has 3 heterocycles. The van der Waals surface area contributed by atoms with Crippen LogP contribution in [0.4, 0.5) is 5.69 Å². The lowest BCUT2D eigenvalue weighted by Gasteiger charge is -2.28. The van der Waals surface area contributed by atoms with Gasteiger partial charge in [0.1, 0.15) is 13.2 Å². The van der Waals surface area contributed by atoms with Crippen molar-refractivity contribution in [3.8, 4) is 11.5 Å². The molecule has 8 heteroatoms. The van der Waals surface area contributed by atoms with Crippen LogP contribution in [-0.2, 0) is 17.7 Å². The lowest BCUT2D eigenvalue weighted by atomic mass is 10.1. The molecule has 0 amide bonds. The van der Waals surface area contributed by atoms with E-state index in [0.29, 0.717) is 48.5 Å². The standard InChI is InChI=1S/C26H29N3O4S/c1-2-17-6-3-4-8-21(17)28-26(34)29(16-20-7-5-9-31-20)15-19-12-18-13-23-24(33-11-10-32-23)14-22(18)27-25(19)30/h3-4,6,8,12-14,20H,2,5,7,9-11,15-16H2,1H3,(H,27,30)(H,28,34). The fraction of sp³-hybridized carbons (Fsp3) is 0.385.